The second-order valence-corrected chi connectivity index (χ2v) is 5.89. The topological polar surface area (TPSA) is 37.0 Å². The van der Waals surface area contributed by atoms with Crippen LogP contribution in [0.5, 0.6) is 0 Å². The number of anilines is 1. The van der Waals surface area contributed by atoms with Gasteiger partial charge in [-0.1, -0.05) is 34.6 Å². The first-order valence-electron chi connectivity index (χ1n) is 7.48. The van der Waals surface area contributed by atoms with Crippen molar-refractivity contribution in [1.29, 1.82) is 0 Å². The van der Waals surface area contributed by atoms with Crippen molar-refractivity contribution in [3.63, 3.8) is 0 Å². The van der Waals surface area contributed by atoms with Crippen molar-refractivity contribution >= 4 is 5.82 Å². The van der Waals surface area contributed by atoms with Gasteiger partial charge in [0.15, 0.2) is 0 Å². The lowest BCUT2D eigenvalue weighted by atomic mass is 10.1. The van der Waals surface area contributed by atoms with Crippen LogP contribution in [0.2, 0.25) is 0 Å². The predicted octanol–water partition coefficient (Wildman–Crippen LogP) is 3.77. The van der Waals surface area contributed by atoms with E-state index in [1.54, 1.807) is 0 Å². The average molecular weight is 263 g/mol. The Morgan fingerprint density at radius 3 is 2.47 bits per heavy atom. The van der Waals surface area contributed by atoms with Crippen LogP contribution in [0.25, 0.3) is 0 Å². The SMILES string of the molecule is CCCNCc1cc(NCC(C)C)nc(C(C)C)c1. The molecule has 0 radical (unpaired) electrons. The van der Waals surface area contributed by atoms with Gasteiger partial charge >= 0.3 is 0 Å². The molecule has 108 valence electrons. The number of nitrogens with zero attached hydrogens (tertiary/aromatic N) is 1. The maximum Gasteiger partial charge on any atom is 0.126 e. The predicted molar refractivity (Wildman–Crippen MR) is 83.7 cm³/mol. The lowest BCUT2D eigenvalue weighted by Gasteiger charge is -2.14. The minimum absolute atomic E-state index is 0.464. The van der Waals surface area contributed by atoms with E-state index in [9.17, 15) is 0 Å². The van der Waals surface area contributed by atoms with Crippen LogP contribution in [0.1, 0.15) is 58.2 Å². The zero-order valence-electron chi connectivity index (χ0n) is 13.1. The Balaban J connectivity index is 2.78. The van der Waals surface area contributed by atoms with Gasteiger partial charge in [0.1, 0.15) is 5.82 Å². The highest BCUT2D eigenvalue weighted by atomic mass is 15.0. The van der Waals surface area contributed by atoms with Gasteiger partial charge in [-0.25, -0.2) is 4.98 Å². The maximum atomic E-state index is 4.69. The van der Waals surface area contributed by atoms with E-state index >= 15 is 0 Å². The fourth-order valence-corrected chi connectivity index (χ4v) is 1.82. The van der Waals surface area contributed by atoms with E-state index in [1.807, 2.05) is 0 Å². The Morgan fingerprint density at radius 2 is 1.89 bits per heavy atom. The third-order valence-corrected chi connectivity index (χ3v) is 2.94. The van der Waals surface area contributed by atoms with Gasteiger partial charge in [0.05, 0.1) is 0 Å². The molecule has 0 aromatic carbocycles. The van der Waals surface area contributed by atoms with Gasteiger partial charge < -0.3 is 10.6 Å². The van der Waals surface area contributed by atoms with E-state index in [4.69, 9.17) is 4.98 Å². The fraction of sp³-hybridized carbons (Fsp3) is 0.688. The van der Waals surface area contributed by atoms with Crippen molar-refractivity contribution < 1.29 is 0 Å². The number of nitrogens with one attached hydrogen (secondary N) is 2. The van der Waals surface area contributed by atoms with E-state index in [-0.39, 0.29) is 0 Å². The Morgan fingerprint density at radius 1 is 1.16 bits per heavy atom. The molecule has 3 heteroatoms. The Bertz CT molecular complexity index is 372. The smallest absolute Gasteiger partial charge is 0.126 e. The summed E-state index contributed by atoms with van der Waals surface area (Å²) in [4.78, 5) is 4.69. The first-order valence-corrected chi connectivity index (χ1v) is 7.48. The van der Waals surface area contributed by atoms with Gasteiger partial charge in [-0.2, -0.15) is 0 Å². The second-order valence-electron chi connectivity index (χ2n) is 5.89. The van der Waals surface area contributed by atoms with Gasteiger partial charge in [0.25, 0.3) is 0 Å². The number of hydrogen-bond acceptors (Lipinski definition) is 3. The van der Waals surface area contributed by atoms with Crippen LogP contribution in [-0.2, 0) is 6.54 Å². The van der Waals surface area contributed by atoms with E-state index < -0.39 is 0 Å². The summed E-state index contributed by atoms with van der Waals surface area (Å²) < 4.78 is 0. The van der Waals surface area contributed by atoms with Crippen molar-refractivity contribution in [2.75, 3.05) is 18.4 Å². The van der Waals surface area contributed by atoms with Gasteiger partial charge in [0.2, 0.25) is 0 Å². The third-order valence-electron chi connectivity index (χ3n) is 2.94. The van der Waals surface area contributed by atoms with Gasteiger partial charge in [-0.3, -0.25) is 0 Å². The minimum Gasteiger partial charge on any atom is -0.370 e. The quantitative estimate of drug-likeness (QED) is 0.701. The van der Waals surface area contributed by atoms with Crippen molar-refractivity contribution in [2.24, 2.45) is 5.92 Å². The molecule has 0 aliphatic heterocycles. The molecule has 0 unspecified atom stereocenters. The number of pyridine rings is 1. The van der Waals surface area contributed by atoms with E-state index in [1.165, 1.54) is 17.7 Å². The molecule has 1 heterocycles. The molecule has 0 fully saturated rings. The molecular formula is C16H29N3. The monoisotopic (exact) mass is 263 g/mol. The van der Waals surface area contributed by atoms with Gasteiger partial charge in [-0.05, 0) is 42.5 Å². The summed E-state index contributed by atoms with van der Waals surface area (Å²) in [5, 5.41) is 6.89. The number of hydrogen-bond donors (Lipinski definition) is 2. The molecule has 0 aliphatic rings. The summed E-state index contributed by atoms with van der Waals surface area (Å²) in [6, 6.07) is 4.38. The number of rotatable bonds is 8. The largest absolute Gasteiger partial charge is 0.370 e. The lowest BCUT2D eigenvalue weighted by molar-refractivity contribution is 0.670. The maximum absolute atomic E-state index is 4.69. The van der Waals surface area contributed by atoms with E-state index in [0.29, 0.717) is 11.8 Å². The summed E-state index contributed by atoms with van der Waals surface area (Å²) in [5.41, 5.74) is 2.49. The van der Waals surface area contributed by atoms with Gasteiger partial charge in [-0.15, -0.1) is 0 Å². The minimum atomic E-state index is 0.464. The van der Waals surface area contributed by atoms with Crippen LogP contribution in [0.4, 0.5) is 5.82 Å². The summed E-state index contributed by atoms with van der Waals surface area (Å²) in [6.07, 6.45) is 1.17. The standard InChI is InChI=1S/C16H29N3/c1-6-7-17-11-14-8-15(13(4)5)19-16(9-14)18-10-12(2)3/h8-9,12-13,17H,6-7,10-11H2,1-5H3,(H,18,19). The number of aromatic nitrogens is 1. The zero-order chi connectivity index (χ0) is 14.3. The summed E-state index contributed by atoms with van der Waals surface area (Å²) in [6.45, 7) is 14.0. The second kappa shape index (κ2) is 8.16. The Kier molecular flexibility index (Phi) is 6.85. The average Bonchev–Trinajstić information content (AvgIpc) is 2.36. The summed E-state index contributed by atoms with van der Waals surface area (Å²) in [7, 11) is 0. The van der Waals surface area contributed by atoms with Crippen molar-refractivity contribution in [3.8, 4) is 0 Å². The molecule has 0 saturated heterocycles. The zero-order valence-corrected chi connectivity index (χ0v) is 13.1. The first-order chi connectivity index (χ1) is 9.02. The highest BCUT2D eigenvalue weighted by Gasteiger charge is 2.06. The molecule has 1 aromatic heterocycles. The Labute approximate surface area is 118 Å². The molecule has 2 N–H and O–H groups in total. The fourth-order valence-electron chi connectivity index (χ4n) is 1.82. The first kappa shape index (κ1) is 16.0. The summed E-state index contributed by atoms with van der Waals surface area (Å²) >= 11 is 0. The van der Waals surface area contributed by atoms with Crippen molar-refractivity contribution in [1.82, 2.24) is 10.3 Å². The highest BCUT2D eigenvalue weighted by molar-refractivity contribution is 5.40. The molecule has 0 amide bonds. The van der Waals surface area contributed by atoms with Crippen LogP contribution in [0.15, 0.2) is 12.1 Å². The van der Waals surface area contributed by atoms with Crippen LogP contribution >= 0.6 is 0 Å². The van der Waals surface area contributed by atoms with Gasteiger partial charge in [0, 0.05) is 18.8 Å². The van der Waals surface area contributed by atoms with Crippen molar-refractivity contribution in [3.05, 3.63) is 23.4 Å². The molecule has 1 aromatic rings. The van der Waals surface area contributed by atoms with Crippen LogP contribution in [0, 0.1) is 5.92 Å². The Hall–Kier alpha value is -1.09. The van der Waals surface area contributed by atoms with E-state index in [0.717, 1.165) is 25.5 Å². The molecule has 3 nitrogen and oxygen atoms in total. The van der Waals surface area contributed by atoms with Crippen molar-refractivity contribution in [2.45, 2.75) is 53.5 Å². The molecule has 0 atom stereocenters. The highest BCUT2D eigenvalue weighted by Crippen LogP contribution is 2.18. The van der Waals surface area contributed by atoms with Crippen LogP contribution in [-0.4, -0.2) is 18.1 Å². The molecule has 0 bridgehead atoms. The van der Waals surface area contributed by atoms with Crippen LogP contribution < -0.4 is 10.6 Å². The molecular weight excluding hydrogens is 234 g/mol. The molecule has 1 rings (SSSR count). The molecule has 0 aliphatic carbocycles. The molecule has 0 saturated carbocycles. The molecule has 19 heavy (non-hydrogen) atoms. The van der Waals surface area contributed by atoms with E-state index in [2.05, 4.69) is 57.4 Å². The lowest BCUT2D eigenvalue weighted by Crippen LogP contribution is -2.15. The normalized spacial score (nSPS) is 11.3. The molecule has 0 spiro atoms. The third kappa shape index (κ3) is 6.06. The summed E-state index contributed by atoms with van der Waals surface area (Å²) in [5.74, 6) is 2.10. The van der Waals surface area contributed by atoms with Crippen LogP contribution in [0.3, 0.4) is 0 Å².